The van der Waals surface area contributed by atoms with E-state index in [2.05, 4.69) is 0 Å². The lowest BCUT2D eigenvalue weighted by molar-refractivity contribution is 0.403. The molecule has 0 saturated carbocycles. The molecule has 0 fully saturated rings. The van der Waals surface area contributed by atoms with Crippen molar-refractivity contribution in [2.45, 2.75) is 7.43 Å². The van der Waals surface area contributed by atoms with Gasteiger partial charge in [0.1, 0.15) is 28.7 Å². The third-order valence-corrected chi connectivity index (χ3v) is 4.68. The second kappa shape index (κ2) is 12.4. The summed E-state index contributed by atoms with van der Waals surface area (Å²) in [5, 5.41) is 64.8. The molecular weight excluding hydrogens is 460 g/mol. The predicted molar refractivity (Wildman–Crippen MR) is 142 cm³/mol. The molecule has 0 radical (unpaired) electrons. The highest BCUT2D eigenvalue weighted by Crippen LogP contribution is 2.27. The fourth-order valence-corrected chi connectivity index (χ4v) is 3.04. The standard InChI is InChI=1S/C14H12O4.C14H12O3.CH4/c15-11-5-10(6-12(16)8-11)2-1-9-3-4-13(17)14(18)7-9;15-12-5-3-10(4-6-12)1-2-11-7-13(16)9-14(17)8-11;/h1-8,15-18H;1-9,15-17H;1H4/b2*2-1+;. The average Bonchev–Trinajstić information content (AvgIpc) is 2.79. The monoisotopic (exact) mass is 488 g/mol. The van der Waals surface area contributed by atoms with E-state index < -0.39 is 0 Å². The molecule has 0 unspecified atom stereocenters. The summed E-state index contributed by atoms with van der Waals surface area (Å²) in [7, 11) is 0. The zero-order chi connectivity index (χ0) is 25.4. The van der Waals surface area contributed by atoms with Gasteiger partial charge in [-0.3, -0.25) is 0 Å². The third kappa shape index (κ3) is 8.39. The molecule has 0 amide bonds. The van der Waals surface area contributed by atoms with Crippen molar-refractivity contribution in [1.82, 2.24) is 0 Å². The lowest BCUT2D eigenvalue weighted by Crippen LogP contribution is -1.75. The highest BCUT2D eigenvalue weighted by molar-refractivity contribution is 5.72. The Kier molecular flexibility index (Phi) is 9.39. The molecule has 4 aromatic rings. The molecule has 0 aliphatic carbocycles. The van der Waals surface area contributed by atoms with Crippen molar-refractivity contribution in [2.24, 2.45) is 0 Å². The minimum Gasteiger partial charge on any atom is -0.508 e. The van der Waals surface area contributed by atoms with Crippen molar-refractivity contribution in [1.29, 1.82) is 0 Å². The van der Waals surface area contributed by atoms with E-state index in [0.717, 1.165) is 5.56 Å². The van der Waals surface area contributed by atoms with Crippen molar-refractivity contribution in [3.8, 4) is 40.2 Å². The smallest absolute Gasteiger partial charge is 0.157 e. The molecule has 0 aliphatic heterocycles. The first-order valence-corrected chi connectivity index (χ1v) is 10.4. The molecule has 0 saturated heterocycles. The lowest BCUT2D eigenvalue weighted by atomic mass is 10.1. The minimum atomic E-state index is -0.198. The summed E-state index contributed by atoms with van der Waals surface area (Å²) >= 11 is 0. The molecular formula is C29H28O7. The highest BCUT2D eigenvalue weighted by atomic mass is 16.3. The van der Waals surface area contributed by atoms with E-state index >= 15 is 0 Å². The van der Waals surface area contributed by atoms with Crippen LogP contribution in [0, 0.1) is 0 Å². The van der Waals surface area contributed by atoms with Crippen molar-refractivity contribution < 1.29 is 35.7 Å². The second-order valence-electron chi connectivity index (χ2n) is 7.57. The first-order valence-electron chi connectivity index (χ1n) is 10.4. The van der Waals surface area contributed by atoms with E-state index in [1.54, 1.807) is 60.7 Å². The fourth-order valence-electron chi connectivity index (χ4n) is 3.04. The zero-order valence-corrected chi connectivity index (χ0v) is 18.4. The Hall–Kier alpha value is -5.04. The third-order valence-electron chi connectivity index (χ3n) is 4.68. The molecule has 0 atom stereocenters. The number of hydrogen-bond donors (Lipinski definition) is 7. The van der Waals surface area contributed by atoms with Crippen LogP contribution in [0.1, 0.15) is 29.7 Å². The van der Waals surface area contributed by atoms with Crippen LogP contribution >= 0.6 is 0 Å². The summed E-state index contributed by atoms with van der Waals surface area (Å²) in [6.45, 7) is 0. The molecule has 0 aliphatic rings. The molecule has 7 heteroatoms. The Balaban J connectivity index is 0.000000247. The van der Waals surface area contributed by atoms with Gasteiger partial charge < -0.3 is 35.7 Å². The van der Waals surface area contributed by atoms with Crippen molar-refractivity contribution in [3.63, 3.8) is 0 Å². The first-order chi connectivity index (χ1) is 16.7. The summed E-state index contributed by atoms with van der Waals surface area (Å²) in [5.41, 5.74) is 2.94. The SMILES string of the molecule is C.Oc1cc(O)cc(/C=C/c2ccc(O)c(O)c2)c1.Oc1ccc(/C=C/c2cc(O)cc(O)c2)cc1. The lowest BCUT2D eigenvalue weighted by Gasteiger charge is -2.00. The summed E-state index contributed by atoms with van der Waals surface area (Å²) in [5.74, 6) is -0.160. The Morgan fingerprint density at radius 1 is 0.333 bits per heavy atom. The maximum absolute atomic E-state index is 9.32. The molecule has 7 nitrogen and oxygen atoms in total. The van der Waals surface area contributed by atoms with Crippen LogP contribution in [-0.2, 0) is 0 Å². The molecule has 4 rings (SSSR count). The van der Waals surface area contributed by atoms with Gasteiger partial charge in [0.2, 0.25) is 0 Å². The maximum Gasteiger partial charge on any atom is 0.157 e. The maximum atomic E-state index is 9.32. The average molecular weight is 489 g/mol. The van der Waals surface area contributed by atoms with E-state index in [9.17, 15) is 25.5 Å². The van der Waals surface area contributed by atoms with Crippen LogP contribution in [0.3, 0.4) is 0 Å². The predicted octanol–water partition coefficient (Wildman–Crippen LogP) is 6.29. The van der Waals surface area contributed by atoms with Crippen LogP contribution in [0.4, 0.5) is 0 Å². The van der Waals surface area contributed by atoms with E-state index in [0.29, 0.717) is 16.7 Å². The van der Waals surface area contributed by atoms with Gasteiger partial charge in [-0.2, -0.15) is 0 Å². The van der Waals surface area contributed by atoms with Crippen molar-refractivity contribution >= 4 is 24.3 Å². The van der Waals surface area contributed by atoms with Gasteiger partial charge in [0.05, 0.1) is 0 Å². The highest BCUT2D eigenvalue weighted by Gasteiger charge is 1.99. The Labute approximate surface area is 209 Å². The Bertz CT molecular complexity index is 1320. The number of rotatable bonds is 4. The molecule has 186 valence electrons. The van der Waals surface area contributed by atoms with E-state index in [1.165, 1.54) is 36.4 Å². The van der Waals surface area contributed by atoms with Crippen LogP contribution in [0.5, 0.6) is 40.2 Å². The number of aromatic hydroxyl groups is 7. The van der Waals surface area contributed by atoms with Gasteiger partial charge in [-0.05, 0) is 70.8 Å². The van der Waals surface area contributed by atoms with Crippen LogP contribution in [-0.4, -0.2) is 35.7 Å². The van der Waals surface area contributed by atoms with Gasteiger partial charge in [0, 0.05) is 12.1 Å². The molecule has 0 heterocycles. The number of phenolic OH excluding ortho intramolecular Hbond substituents is 7. The topological polar surface area (TPSA) is 142 Å². The van der Waals surface area contributed by atoms with Gasteiger partial charge in [-0.15, -0.1) is 0 Å². The molecule has 36 heavy (non-hydrogen) atoms. The fraction of sp³-hybridized carbons (Fsp3) is 0.0345. The van der Waals surface area contributed by atoms with Crippen LogP contribution in [0.2, 0.25) is 0 Å². The zero-order valence-electron chi connectivity index (χ0n) is 18.4. The van der Waals surface area contributed by atoms with Gasteiger partial charge in [0.25, 0.3) is 0 Å². The van der Waals surface area contributed by atoms with Gasteiger partial charge in [-0.25, -0.2) is 0 Å². The summed E-state index contributed by atoms with van der Waals surface area (Å²) in [6, 6.07) is 19.8. The van der Waals surface area contributed by atoms with Gasteiger partial charge in [0.15, 0.2) is 11.5 Å². The van der Waals surface area contributed by atoms with Crippen LogP contribution in [0.15, 0.2) is 78.9 Å². The summed E-state index contributed by atoms with van der Waals surface area (Å²) in [6.07, 6.45) is 6.96. The number of phenols is 7. The second-order valence-corrected chi connectivity index (χ2v) is 7.57. The first kappa shape index (κ1) is 27.2. The number of hydrogen-bond acceptors (Lipinski definition) is 7. The normalized spacial score (nSPS) is 10.6. The quantitative estimate of drug-likeness (QED) is 0.132. The largest absolute Gasteiger partial charge is 0.508 e. The Morgan fingerprint density at radius 2 is 0.722 bits per heavy atom. The number of benzene rings is 4. The van der Waals surface area contributed by atoms with Crippen molar-refractivity contribution in [2.75, 3.05) is 0 Å². The van der Waals surface area contributed by atoms with Crippen LogP contribution < -0.4 is 0 Å². The molecule has 0 aromatic heterocycles. The van der Waals surface area contributed by atoms with Crippen LogP contribution in [0.25, 0.3) is 24.3 Å². The molecule has 7 N–H and O–H groups in total. The van der Waals surface area contributed by atoms with Crippen molar-refractivity contribution in [3.05, 3.63) is 101 Å². The van der Waals surface area contributed by atoms with E-state index in [1.807, 2.05) is 6.08 Å². The molecule has 0 bridgehead atoms. The summed E-state index contributed by atoms with van der Waals surface area (Å²) < 4.78 is 0. The van der Waals surface area contributed by atoms with Gasteiger partial charge >= 0.3 is 0 Å². The van der Waals surface area contributed by atoms with E-state index in [4.69, 9.17) is 10.2 Å². The van der Waals surface area contributed by atoms with Gasteiger partial charge in [-0.1, -0.05) is 49.9 Å². The molecule has 4 aromatic carbocycles. The summed E-state index contributed by atoms with van der Waals surface area (Å²) in [4.78, 5) is 0. The minimum absolute atomic E-state index is 0. The van der Waals surface area contributed by atoms with E-state index in [-0.39, 0.29) is 47.7 Å². The molecule has 0 spiro atoms. The Morgan fingerprint density at radius 3 is 1.17 bits per heavy atom.